The van der Waals surface area contributed by atoms with Crippen molar-refractivity contribution in [3.8, 4) is 11.5 Å². The molecule has 0 saturated carbocycles. The highest BCUT2D eigenvalue weighted by atomic mass is 32.1. The van der Waals surface area contributed by atoms with Crippen LogP contribution in [0.1, 0.15) is 0 Å². The molecule has 2 aromatic heterocycles. The van der Waals surface area contributed by atoms with Crippen molar-refractivity contribution in [2.45, 2.75) is 0 Å². The number of rotatable bonds is 7. The second-order valence-electron chi connectivity index (χ2n) is 14.0. The second-order valence-corrected chi connectivity index (χ2v) is 15.0. The first-order chi connectivity index (χ1) is 27.8. The number of benzene rings is 9. The molecule has 2 heterocycles. The SMILES string of the molecule is c1ccc(-c2nc3c(ccc4c5cc6c(ccc7c(N(c8ccccc8)c8cccc(N(c9ccccc9)c9ccccc9)c8)cccc76)cc5sc43)o2)cc1. The van der Waals surface area contributed by atoms with Crippen LogP contribution < -0.4 is 9.80 Å². The van der Waals surface area contributed by atoms with Crippen LogP contribution in [0.25, 0.3) is 64.3 Å². The third-order valence-electron chi connectivity index (χ3n) is 10.6. The molecule has 0 spiro atoms. The van der Waals surface area contributed by atoms with Crippen molar-refractivity contribution < 1.29 is 4.42 Å². The minimum absolute atomic E-state index is 0.649. The molecule has 4 nitrogen and oxygen atoms in total. The molecular weight excluding hydrogens is 703 g/mol. The van der Waals surface area contributed by atoms with Gasteiger partial charge in [0.2, 0.25) is 5.89 Å². The van der Waals surface area contributed by atoms with Crippen LogP contribution in [0, 0.1) is 0 Å². The van der Waals surface area contributed by atoms with Crippen LogP contribution in [-0.4, -0.2) is 4.98 Å². The topological polar surface area (TPSA) is 32.5 Å². The highest BCUT2D eigenvalue weighted by molar-refractivity contribution is 7.26. The zero-order chi connectivity index (χ0) is 37.0. The molecule has 264 valence electrons. The van der Waals surface area contributed by atoms with Crippen molar-refractivity contribution in [3.63, 3.8) is 0 Å². The van der Waals surface area contributed by atoms with Crippen molar-refractivity contribution in [2.24, 2.45) is 0 Å². The molecule has 0 aliphatic heterocycles. The summed E-state index contributed by atoms with van der Waals surface area (Å²) in [5.74, 6) is 0.649. The Balaban J connectivity index is 1.08. The maximum absolute atomic E-state index is 6.26. The molecule has 0 atom stereocenters. The Morgan fingerprint density at radius 2 is 1.00 bits per heavy atom. The molecule has 5 heteroatoms. The summed E-state index contributed by atoms with van der Waals surface area (Å²) in [7, 11) is 0. The number of hydrogen-bond acceptors (Lipinski definition) is 5. The van der Waals surface area contributed by atoms with Crippen molar-refractivity contribution in [3.05, 3.63) is 200 Å². The smallest absolute Gasteiger partial charge is 0.227 e. The van der Waals surface area contributed by atoms with Gasteiger partial charge in [-0.1, -0.05) is 103 Å². The number of para-hydroxylation sites is 3. The first kappa shape index (κ1) is 32.2. The van der Waals surface area contributed by atoms with Gasteiger partial charge >= 0.3 is 0 Å². The van der Waals surface area contributed by atoms with Crippen LogP contribution in [0.2, 0.25) is 0 Å². The number of nitrogens with zero attached hydrogens (tertiary/aromatic N) is 3. The van der Waals surface area contributed by atoms with Crippen LogP contribution in [0.5, 0.6) is 0 Å². The van der Waals surface area contributed by atoms with Crippen molar-refractivity contribution >= 4 is 98.3 Å². The van der Waals surface area contributed by atoms with E-state index in [1.54, 1.807) is 11.3 Å². The summed E-state index contributed by atoms with van der Waals surface area (Å²) in [6.45, 7) is 0. The Kier molecular flexibility index (Phi) is 7.64. The number of aromatic nitrogens is 1. The molecule has 0 bridgehead atoms. The van der Waals surface area contributed by atoms with E-state index in [0.29, 0.717) is 5.89 Å². The standard InChI is InChI=1S/C51H33N3OS/c1-5-15-34(16-6-1)51-52-49-47(55-51)30-29-43-45-33-44-35(31-48(45)56-50(43)49)27-28-42-41(44)25-14-26-46(42)54(38-21-11-4-12-22-38)40-24-13-23-39(32-40)53(36-17-7-2-8-18-36)37-19-9-3-10-20-37/h1-33H. The van der Waals surface area contributed by atoms with Gasteiger partial charge in [0.1, 0.15) is 5.52 Å². The van der Waals surface area contributed by atoms with E-state index < -0.39 is 0 Å². The van der Waals surface area contributed by atoms with Gasteiger partial charge in [0.15, 0.2) is 5.58 Å². The lowest BCUT2D eigenvalue weighted by Crippen LogP contribution is -2.13. The summed E-state index contributed by atoms with van der Waals surface area (Å²) < 4.78 is 8.65. The minimum Gasteiger partial charge on any atom is -0.436 e. The van der Waals surface area contributed by atoms with Crippen LogP contribution >= 0.6 is 11.3 Å². The normalized spacial score (nSPS) is 11.6. The molecule has 56 heavy (non-hydrogen) atoms. The van der Waals surface area contributed by atoms with E-state index in [9.17, 15) is 0 Å². The van der Waals surface area contributed by atoms with Crippen LogP contribution in [0.4, 0.5) is 34.1 Å². The van der Waals surface area contributed by atoms with Crippen molar-refractivity contribution in [2.75, 3.05) is 9.80 Å². The summed E-state index contributed by atoms with van der Waals surface area (Å²) in [5, 5.41) is 7.26. The quantitative estimate of drug-likeness (QED) is 0.153. The molecule has 0 unspecified atom stereocenters. The van der Waals surface area contributed by atoms with Gasteiger partial charge in [-0.05, 0) is 113 Å². The molecular formula is C51H33N3OS. The van der Waals surface area contributed by atoms with Gasteiger partial charge in [-0.2, -0.15) is 0 Å². The predicted molar refractivity (Wildman–Crippen MR) is 237 cm³/mol. The van der Waals surface area contributed by atoms with Gasteiger partial charge in [0.05, 0.1) is 10.4 Å². The lowest BCUT2D eigenvalue weighted by Gasteiger charge is -2.30. The molecule has 0 saturated heterocycles. The Hall–Kier alpha value is -7.21. The molecule has 9 aromatic carbocycles. The maximum atomic E-state index is 6.26. The zero-order valence-corrected chi connectivity index (χ0v) is 31.0. The Labute approximate surface area is 327 Å². The zero-order valence-electron chi connectivity index (χ0n) is 30.2. The number of oxazole rings is 1. The summed E-state index contributed by atoms with van der Waals surface area (Å²) in [4.78, 5) is 9.70. The highest BCUT2D eigenvalue weighted by Gasteiger charge is 2.20. The molecule has 0 N–H and O–H groups in total. The number of anilines is 6. The largest absolute Gasteiger partial charge is 0.436 e. The van der Waals surface area contributed by atoms with Gasteiger partial charge in [-0.3, -0.25) is 0 Å². The summed E-state index contributed by atoms with van der Waals surface area (Å²) in [6, 6.07) is 71.0. The van der Waals surface area contributed by atoms with E-state index in [2.05, 4.69) is 180 Å². The fourth-order valence-electron chi connectivity index (χ4n) is 8.07. The van der Waals surface area contributed by atoms with Gasteiger partial charge in [-0.15, -0.1) is 11.3 Å². The number of fused-ring (bicyclic) bond motifs is 8. The van der Waals surface area contributed by atoms with Crippen molar-refractivity contribution in [1.29, 1.82) is 0 Å². The summed E-state index contributed by atoms with van der Waals surface area (Å²) in [6.07, 6.45) is 0. The Morgan fingerprint density at radius 3 is 1.70 bits per heavy atom. The van der Waals surface area contributed by atoms with Gasteiger partial charge < -0.3 is 14.2 Å². The molecule has 11 aromatic rings. The van der Waals surface area contributed by atoms with Crippen LogP contribution in [-0.2, 0) is 0 Å². The molecule has 0 amide bonds. The Morgan fingerprint density at radius 1 is 0.411 bits per heavy atom. The fraction of sp³-hybridized carbons (Fsp3) is 0. The number of thiophene rings is 1. The van der Waals surface area contributed by atoms with E-state index >= 15 is 0 Å². The summed E-state index contributed by atoms with van der Waals surface area (Å²) >= 11 is 1.79. The third kappa shape index (κ3) is 5.40. The second kappa shape index (κ2) is 13.3. The summed E-state index contributed by atoms with van der Waals surface area (Å²) in [5.41, 5.74) is 9.27. The molecule has 0 aliphatic rings. The molecule has 11 rings (SSSR count). The van der Waals surface area contributed by atoms with Crippen LogP contribution in [0.15, 0.2) is 205 Å². The number of hydrogen-bond donors (Lipinski definition) is 0. The van der Waals surface area contributed by atoms with E-state index in [1.807, 2.05) is 30.3 Å². The van der Waals surface area contributed by atoms with E-state index in [-0.39, 0.29) is 0 Å². The minimum atomic E-state index is 0.649. The van der Waals surface area contributed by atoms with E-state index in [4.69, 9.17) is 9.40 Å². The highest BCUT2D eigenvalue weighted by Crippen LogP contribution is 2.46. The lowest BCUT2D eigenvalue weighted by atomic mass is 9.98. The monoisotopic (exact) mass is 735 g/mol. The first-order valence-corrected chi connectivity index (χ1v) is 19.6. The van der Waals surface area contributed by atoms with E-state index in [1.165, 1.54) is 37.0 Å². The fourth-order valence-corrected chi connectivity index (χ4v) is 9.28. The Bertz CT molecular complexity index is 3160. The average Bonchev–Trinajstić information content (AvgIpc) is 3.87. The predicted octanol–water partition coefficient (Wildman–Crippen LogP) is 15.1. The maximum Gasteiger partial charge on any atom is 0.227 e. The van der Waals surface area contributed by atoms with Gasteiger partial charge in [0, 0.05) is 54.9 Å². The molecule has 0 radical (unpaired) electrons. The molecule has 0 fully saturated rings. The van der Waals surface area contributed by atoms with E-state index in [0.717, 1.165) is 55.5 Å². The third-order valence-corrected chi connectivity index (χ3v) is 11.8. The van der Waals surface area contributed by atoms with Crippen LogP contribution in [0.3, 0.4) is 0 Å². The van der Waals surface area contributed by atoms with Gasteiger partial charge in [0.25, 0.3) is 0 Å². The first-order valence-electron chi connectivity index (χ1n) is 18.8. The average molecular weight is 736 g/mol. The van der Waals surface area contributed by atoms with Crippen molar-refractivity contribution in [1.82, 2.24) is 4.98 Å². The molecule has 0 aliphatic carbocycles. The lowest BCUT2D eigenvalue weighted by molar-refractivity contribution is 0.620. The van der Waals surface area contributed by atoms with Gasteiger partial charge in [-0.25, -0.2) is 4.98 Å².